The number of piperidine rings is 1. The fraction of sp³-hybridized carbons (Fsp3) is 1.00. The summed E-state index contributed by atoms with van der Waals surface area (Å²) in [5.74, 6) is 0. The number of hydrogen-bond donors (Lipinski definition) is 4. The summed E-state index contributed by atoms with van der Waals surface area (Å²) < 4.78 is 0. The lowest BCUT2D eigenvalue weighted by Gasteiger charge is -2.43. The van der Waals surface area contributed by atoms with E-state index >= 15 is 0 Å². The minimum absolute atomic E-state index is 0.0912. The van der Waals surface area contributed by atoms with E-state index in [1.807, 2.05) is 6.92 Å². The summed E-state index contributed by atoms with van der Waals surface area (Å²) in [5.41, 5.74) is 0. The number of nitrogens with zero attached hydrogens (tertiary/aromatic N) is 1. The highest BCUT2D eigenvalue weighted by atomic mass is 16.3. The van der Waals surface area contributed by atoms with Crippen molar-refractivity contribution in [1.29, 1.82) is 0 Å². The zero-order chi connectivity index (χ0) is 11.0. The molecular weight excluding hydrogens is 196 g/mol. The molecule has 0 aliphatic carbocycles. The van der Waals surface area contributed by atoms with Gasteiger partial charge in [-0.15, -0.1) is 0 Å². The third-order valence-corrected chi connectivity index (χ3v) is 3.54. The van der Waals surface area contributed by atoms with Crippen LogP contribution in [0.25, 0.3) is 0 Å². The van der Waals surface area contributed by atoms with Gasteiger partial charge in [0.25, 0.3) is 0 Å². The molecule has 2 heterocycles. The molecule has 2 rings (SSSR count). The lowest BCUT2D eigenvalue weighted by Crippen LogP contribution is -2.64. The van der Waals surface area contributed by atoms with Crippen LogP contribution in [0.3, 0.4) is 0 Å². The van der Waals surface area contributed by atoms with Crippen molar-refractivity contribution in [1.82, 2.24) is 10.2 Å². The number of fused-ring (bicyclic) bond motifs is 1. The summed E-state index contributed by atoms with van der Waals surface area (Å²) in [7, 11) is 0. The summed E-state index contributed by atoms with van der Waals surface area (Å²) in [6.07, 6.45) is -1.44. The quantitative estimate of drug-likeness (QED) is 0.435. The molecule has 2 aliphatic heterocycles. The predicted octanol–water partition coefficient (Wildman–Crippen LogP) is -1.86. The fourth-order valence-corrected chi connectivity index (χ4v) is 2.77. The average molecular weight is 216 g/mol. The van der Waals surface area contributed by atoms with E-state index in [9.17, 15) is 15.3 Å². The Balaban J connectivity index is 2.07. The third kappa shape index (κ3) is 1.90. The molecule has 0 saturated carbocycles. The summed E-state index contributed by atoms with van der Waals surface area (Å²) in [4.78, 5) is 2.06. The lowest BCUT2D eigenvalue weighted by molar-refractivity contribution is -0.101. The molecule has 5 nitrogen and oxygen atoms in total. The lowest BCUT2D eigenvalue weighted by atomic mass is 9.91. The second kappa shape index (κ2) is 4.35. The highest BCUT2D eigenvalue weighted by Gasteiger charge is 2.47. The first-order valence-electron chi connectivity index (χ1n) is 5.66. The minimum atomic E-state index is -0.847. The van der Waals surface area contributed by atoms with Crippen LogP contribution in [0.2, 0.25) is 0 Å². The molecule has 5 heteroatoms. The highest BCUT2D eigenvalue weighted by molar-refractivity contribution is 5.03. The largest absolute Gasteiger partial charge is 0.391 e. The Labute approximate surface area is 89.7 Å². The molecule has 0 aromatic rings. The molecule has 0 spiro atoms. The van der Waals surface area contributed by atoms with Crippen molar-refractivity contribution < 1.29 is 15.3 Å². The summed E-state index contributed by atoms with van der Waals surface area (Å²) in [6.45, 7) is 4.25. The average Bonchev–Trinajstić information content (AvgIpc) is 2.56. The number of aliphatic hydroxyl groups excluding tert-OH is 3. The molecule has 0 amide bonds. The third-order valence-electron chi connectivity index (χ3n) is 3.54. The van der Waals surface area contributed by atoms with E-state index in [0.717, 1.165) is 13.1 Å². The van der Waals surface area contributed by atoms with Crippen LogP contribution in [0.4, 0.5) is 0 Å². The first-order valence-corrected chi connectivity index (χ1v) is 5.66. The topological polar surface area (TPSA) is 76.0 Å². The van der Waals surface area contributed by atoms with Crippen molar-refractivity contribution in [3.8, 4) is 0 Å². The molecule has 15 heavy (non-hydrogen) atoms. The van der Waals surface area contributed by atoms with Crippen LogP contribution in [0.1, 0.15) is 13.3 Å². The maximum absolute atomic E-state index is 9.92. The molecule has 0 aromatic carbocycles. The Kier molecular flexibility index (Phi) is 3.27. The van der Waals surface area contributed by atoms with E-state index in [1.165, 1.54) is 0 Å². The number of hydrogen-bond acceptors (Lipinski definition) is 5. The molecule has 88 valence electrons. The van der Waals surface area contributed by atoms with Crippen molar-refractivity contribution in [3.63, 3.8) is 0 Å². The minimum Gasteiger partial charge on any atom is -0.391 e. The van der Waals surface area contributed by atoms with Crippen LogP contribution in [0, 0.1) is 0 Å². The van der Waals surface area contributed by atoms with Gasteiger partial charge in [0, 0.05) is 19.1 Å². The molecule has 2 fully saturated rings. The summed E-state index contributed by atoms with van der Waals surface area (Å²) in [5, 5.41) is 32.7. The molecule has 0 bridgehead atoms. The Morgan fingerprint density at radius 3 is 2.67 bits per heavy atom. The Morgan fingerprint density at radius 2 is 2.00 bits per heavy atom. The van der Waals surface area contributed by atoms with Gasteiger partial charge in [-0.2, -0.15) is 0 Å². The van der Waals surface area contributed by atoms with E-state index in [-0.39, 0.29) is 12.1 Å². The van der Waals surface area contributed by atoms with Gasteiger partial charge >= 0.3 is 0 Å². The van der Waals surface area contributed by atoms with Crippen molar-refractivity contribution in [2.45, 2.75) is 43.7 Å². The van der Waals surface area contributed by atoms with E-state index in [1.54, 1.807) is 0 Å². The number of nitrogens with one attached hydrogen (secondary N) is 1. The van der Waals surface area contributed by atoms with Gasteiger partial charge in [-0.25, -0.2) is 0 Å². The van der Waals surface area contributed by atoms with Crippen LogP contribution >= 0.6 is 0 Å². The van der Waals surface area contributed by atoms with Crippen LogP contribution in [0.5, 0.6) is 0 Å². The van der Waals surface area contributed by atoms with Crippen LogP contribution < -0.4 is 5.32 Å². The van der Waals surface area contributed by atoms with Crippen molar-refractivity contribution >= 4 is 0 Å². The van der Waals surface area contributed by atoms with E-state index in [0.29, 0.717) is 13.0 Å². The van der Waals surface area contributed by atoms with Gasteiger partial charge in [-0.05, 0) is 13.0 Å². The second-order valence-electron chi connectivity index (χ2n) is 4.49. The van der Waals surface area contributed by atoms with Gasteiger partial charge in [0.15, 0.2) is 0 Å². The first kappa shape index (κ1) is 11.3. The molecule has 4 N–H and O–H groups in total. The predicted molar refractivity (Wildman–Crippen MR) is 55.5 cm³/mol. The second-order valence-corrected chi connectivity index (χ2v) is 4.49. The monoisotopic (exact) mass is 216 g/mol. The van der Waals surface area contributed by atoms with Gasteiger partial charge in [0.05, 0.1) is 24.4 Å². The number of rotatable bonds is 2. The van der Waals surface area contributed by atoms with E-state index < -0.39 is 18.3 Å². The number of likely N-dealkylation sites (N-methyl/N-ethyl adjacent to an activating group) is 1. The van der Waals surface area contributed by atoms with Gasteiger partial charge in [-0.1, -0.05) is 6.92 Å². The standard InChI is InChI=1S/C10H20N2O3/c1-2-11-6-5-12-4-3-7(13)8(12)10(15)9(6)14/h6-11,13-15H,2-5H2,1H3/t6-,7-,8+,9+,10+/m0/s1. The van der Waals surface area contributed by atoms with Crippen LogP contribution in [0.15, 0.2) is 0 Å². The van der Waals surface area contributed by atoms with Crippen molar-refractivity contribution in [2.24, 2.45) is 0 Å². The smallest absolute Gasteiger partial charge is 0.0994 e. The van der Waals surface area contributed by atoms with Gasteiger partial charge in [-0.3, -0.25) is 4.90 Å². The molecular formula is C10H20N2O3. The van der Waals surface area contributed by atoms with Crippen molar-refractivity contribution in [3.05, 3.63) is 0 Å². The highest BCUT2D eigenvalue weighted by Crippen LogP contribution is 2.28. The fourth-order valence-electron chi connectivity index (χ4n) is 2.77. The summed E-state index contributed by atoms with van der Waals surface area (Å²) >= 11 is 0. The molecule has 2 saturated heterocycles. The van der Waals surface area contributed by atoms with E-state index in [4.69, 9.17) is 0 Å². The van der Waals surface area contributed by atoms with E-state index in [2.05, 4.69) is 10.2 Å². The molecule has 0 aromatic heterocycles. The van der Waals surface area contributed by atoms with Gasteiger partial charge < -0.3 is 20.6 Å². The van der Waals surface area contributed by atoms with Crippen molar-refractivity contribution in [2.75, 3.05) is 19.6 Å². The zero-order valence-corrected chi connectivity index (χ0v) is 9.00. The summed E-state index contributed by atoms with van der Waals surface area (Å²) in [6, 6.07) is -0.374. The SMILES string of the molecule is CCN[C@H]1CN2CC[C@H](O)[C@@H]2[C@@H](O)[C@@H]1O. The Bertz CT molecular complexity index is 225. The Morgan fingerprint density at radius 1 is 1.27 bits per heavy atom. The molecule has 5 atom stereocenters. The number of aliphatic hydroxyl groups is 3. The van der Waals surface area contributed by atoms with Gasteiger partial charge in [0.2, 0.25) is 0 Å². The van der Waals surface area contributed by atoms with Crippen LogP contribution in [-0.2, 0) is 0 Å². The normalized spacial score (nSPS) is 46.8. The Hall–Kier alpha value is -0.200. The molecule has 0 radical (unpaired) electrons. The maximum Gasteiger partial charge on any atom is 0.0994 e. The maximum atomic E-state index is 9.92. The first-order chi connectivity index (χ1) is 7.15. The van der Waals surface area contributed by atoms with Crippen LogP contribution in [-0.4, -0.2) is 70.2 Å². The zero-order valence-electron chi connectivity index (χ0n) is 9.00. The molecule has 0 unspecified atom stereocenters. The van der Waals surface area contributed by atoms with Gasteiger partial charge in [0.1, 0.15) is 0 Å². The molecule has 2 aliphatic rings.